The summed E-state index contributed by atoms with van der Waals surface area (Å²) in [6, 6.07) is 0. The Hall–Kier alpha value is 0.470. The van der Waals surface area contributed by atoms with E-state index in [9.17, 15) is 4.57 Å². The summed E-state index contributed by atoms with van der Waals surface area (Å²) in [6.07, 6.45) is 0. The maximum atomic E-state index is 14.0. The van der Waals surface area contributed by atoms with Gasteiger partial charge in [0.25, 0.3) is 7.52 Å². The van der Waals surface area contributed by atoms with E-state index in [1.165, 1.54) is 0 Å². The Kier molecular flexibility index (Phi) is 11.6. The Morgan fingerprint density at radius 2 is 1.19 bits per heavy atom. The molecule has 1 aliphatic rings. The van der Waals surface area contributed by atoms with Crippen LogP contribution in [0.1, 0.15) is 34.6 Å². The van der Waals surface area contributed by atoms with E-state index in [1.54, 1.807) is 0 Å². The average Bonchev–Trinajstić information content (AvgIpc) is 2.56. The maximum absolute atomic E-state index is 14.0. The third-order valence-corrected chi connectivity index (χ3v) is 7.45. The number of hydrogen-bond donors (Lipinski definition) is 0. The summed E-state index contributed by atoms with van der Waals surface area (Å²) in [6.45, 7) is 15.3. The molecule has 7 nitrogen and oxygen atoms in total. The van der Waals surface area contributed by atoms with Gasteiger partial charge in [0.2, 0.25) is 0 Å². The SMILES string of the molecule is CC(C)(Br)COP(=O)(N1CCOCCOCCOCCOCC1)C(C)(C)C. The van der Waals surface area contributed by atoms with Crippen LogP contribution in [0.3, 0.4) is 0 Å². The third kappa shape index (κ3) is 10.2. The van der Waals surface area contributed by atoms with Crippen molar-refractivity contribution in [2.45, 2.75) is 44.1 Å². The van der Waals surface area contributed by atoms with Crippen LogP contribution in [0.4, 0.5) is 0 Å². The minimum atomic E-state index is -3.13. The zero-order valence-corrected chi connectivity index (χ0v) is 20.0. The highest BCUT2D eigenvalue weighted by molar-refractivity contribution is 9.10. The molecule has 0 aliphatic carbocycles. The Bertz CT molecular complexity index is 436. The molecule has 1 aliphatic heterocycles. The molecule has 0 amide bonds. The van der Waals surface area contributed by atoms with Gasteiger partial charge >= 0.3 is 0 Å². The van der Waals surface area contributed by atoms with Gasteiger partial charge in [0, 0.05) is 17.4 Å². The molecule has 0 radical (unpaired) electrons. The molecule has 0 saturated carbocycles. The fourth-order valence-electron chi connectivity index (χ4n) is 2.42. The van der Waals surface area contributed by atoms with Crippen LogP contribution < -0.4 is 0 Å². The normalized spacial score (nSPS) is 23.2. The van der Waals surface area contributed by atoms with Crippen LogP contribution in [-0.2, 0) is 28.0 Å². The van der Waals surface area contributed by atoms with Crippen molar-refractivity contribution in [3.8, 4) is 0 Å². The second kappa shape index (κ2) is 12.2. The van der Waals surface area contributed by atoms with Crippen LogP contribution in [0.5, 0.6) is 0 Å². The van der Waals surface area contributed by atoms with Crippen molar-refractivity contribution in [1.82, 2.24) is 4.67 Å². The summed E-state index contributed by atoms with van der Waals surface area (Å²) in [7, 11) is -3.13. The number of nitrogens with zero attached hydrogens (tertiary/aromatic N) is 1. The van der Waals surface area contributed by atoms with Crippen LogP contribution >= 0.6 is 23.4 Å². The van der Waals surface area contributed by atoms with Crippen molar-refractivity contribution >= 4 is 23.4 Å². The zero-order valence-electron chi connectivity index (χ0n) is 17.5. The highest BCUT2D eigenvalue weighted by Gasteiger charge is 2.44. The molecule has 27 heavy (non-hydrogen) atoms. The second-order valence-electron chi connectivity index (χ2n) is 8.09. The summed E-state index contributed by atoms with van der Waals surface area (Å²) in [4.78, 5) is 0. The first-order chi connectivity index (χ1) is 12.6. The van der Waals surface area contributed by atoms with Gasteiger partial charge in [-0.2, -0.15) is 0 Å². The summed E-state index contributed by atoms with van der Waals surface area (Å²) < 4.78 is 43.9. The van der Waals surface area contributed by atoms with Gasteiger partial charge in [-0.05, 0) is 34.6 Å². The Morgan fingerprint density at radius 1 is 0.815 bits per heavy atom. The number of alkyl halides is 1. The molecule has 0 bridgehead atoms. The molecule has 1 heterocycles. The van der Waals surface area contributed by atoms with Gasteiger partial charge < -0.3 is 23.5 Å². The van der Waals surface area contributed by atoms with E-state index >= 15 is 0 Å². The Balaban J connectivity index is 2.83. The zero-order chi connectivity index (χ0) is 20.4. The largest absolute Gasteiger partial charge is 0.378 e. The molecule has 1 unspecified atom stereocenters. The van der Waals surface area contributed by atoms with Crippen molar-refractivity contribution in [3.05, 3.63) is 0 Å². The van der Waals surface area contributed by atoms with Crippen LogP contribution in [0.25, 0.3) is 0 Å². The first kappa shape index (κ1) is 25.5. The van der Waals surface area contributed by atoms with E-state index in [1.807, 2.05) is 39.3 Å². The molecule has 1 saturated heterocycles. The van der Waals surface area contributed by atoms with Gasteiger partial charge in [-0.1, -0.05) is 15.9 Å². The summed E-state index contributed by atoms with van der Waals surface area (Å²) >= 11 is 3.57. The molecule has 0 aromatic rings. The van der Waals surface area contributed by atoms with Crippen LogP contribution in [0.15, 0.2) is 0 Å². The molecular formula is C18H37BrNO6P. The average molecular weight is 474 g/mol. The molecule has 0 aromatic heterocycles. The van der Waals surface area contributed by atoms with Crippen LogP contribution in [-0.4, -0.2) is 86.7 Å². The van der Waals surface area contributed by atoms with Crippen molar-refractivity contribution in [2.24, 2.45) is 0 Å². The first-order valence-corrected chi connectivity index (χ1v) is 11.9. The smallest absolute Gasteiger partial charge is 0.277 e. The number of rotatable bonds is 4. The number of ether oxygens (including phenoxy) is 4. The minimum Gasteiger partial charge on any atom is -0.378 e. The molecular weight excluding hydrogens is 437 g/mol. The maximum Gasteiger partial charge on any atom is 0.277 e. The van der Waals surface area contributed by atoms with Crippen molar-refractivity contribution in [1.29, 1.82) is 0 Å². The van der Waals surface area contributed by atoms with Crippen molar-refractivity contribution in [3.63, 3.8) is 0 Å². The predicted molar refractivity (Wildman–Crippen MR) is 111 cm³/mol. The molecule has 9 heteroatoms. The number of halogens is 1. The summed E-state index contributed by atoms with van der Waals surface area (Å²) in [5.41, 5.74) is 0. The van der Waals surface area contributed by atoms with Crippen LogP contribution in [0.2, 0.25) is 0 Å². The Morgan fingerprint density at radius 3 is 1.52 bits per heavy atom. The molecule has 1 fully saturated rings. The van der Waals surface area contributed by atoms with Crippen molar-refractivity contribution < 1.29 is 28.0 Å². The topological polar surface area (TPSA) is 66.5 Å². The van der Waals surface area contributed by atoms with Gasteiger partial charge in [-0.25, -0.2) is 4.67 Å². The van der Waals surface area contributed by atoms with E-state index in [0.717, 1.165) is 0 Å². The highest BCUT2D eigenvalue weighted by atomic mass is 79.9. The monoisotopic (exact) mass is 473 g/mol. The van der Waals surface area contributed by atoms with Gasteiger partial charge in [0.05, 0.1) is 64.6 Å². The molecule has 0 spiro atoms. The first-order valence-electron chi connectivity index (χ1n) is 9.56. The standard InChI is InChI=1S/C18H37BrNO6P/c1-17(2,3)27(21,26-16-18(4,5)19)20-6-8-22-10-12-24-14-15-25-13-11-23-9-7-20/h6-16H2,1-5H3. The van der Waals surface area contributed by atoms with E-state index in [4.69, 9.17) is 23.5 Å². The second-order valence-corrected chi connectivity index (χ2v) is 13.4. The summed E-state index contributed by atoms with van der Waals surface area (Å²) in [5.74, 6) is 0. The molecule has 1 atom stereocenters. The van der Waals surface area contributed by atoms with E-state index in [0.29, 0.717) is 72.6 Å². The van der Waals surface area contributed by atoms with Gasteiger partial charge in [-0.15, -0.1) is 0 Å². The van der Waals surface area contributed by atoms with E-state index in [2.05, 4.69) is 15.9 Å². The Labute approximate surface area is 173 Å². The lowest BCUT2D eigenvalue weighted by molar-refractivity contribution is 0.00206. The predicted octanol–water partition coefficient (Wildman–Crippen LogP) is 3.55. The van der Waals surface area contributed by atoms with Crippen LogP contribution in [0, 0.1) is 0 Å². The lowest BCUT2D eigenvalue weighted by Crippen LogP contribution is -2.37. The lowest BCUT2D eigenvalue weighted by Gasteiger charge is -2.40. The van der Waals surface area contributed by atoms with E-state index in [-0.39, 0.29) is 4.32 Å². The fraction of sp³-hybridized carbons (Fsp3) is 1.00. The highest BCUT2D eigenvalue weighted by Crippen LogP contribution is 2.61. The third-order valence-electron chi connectivity index (χ3n) is 3.91. The molecule has 0 aromatic carbocycles. The molecule has 1 rings (SSSR count). The lowest BCUT2D eigenvalue weighted by atomic mass is 10.2. The molecule has 0 N–H and O–H groups in total. The van der Waals surface area contributed by atoms with Gasteiger partial charge in [-0.3, -0.25) is 4.57 Å². The quantitative estimate of drug-likeness (QED) is 0.456. The van der Waals surface area contributed by atoms with Gasteiger partial charge in [0.1, 0.15) is 0 Å². The molecule has 162 valence electrons. The minimum absolute atomic E-state index is 0.253. The van der Waals surface area contributed by atoms with Gasteiger partial charge in [0.15, 0.2) is 0 Å². The fourth-order valence-corrected chi connectivity index (χ4v) is 5.30. The van der Waals surface area contributed by atoms with E-state index < -0.39 is 12.7 Å². The van der Waals surface area contributed by atoms with Crippen molar-refractivity contribution in [2.75, 3.05) is 72.6 Å². The number of hydrogen-bond acceptors (Lipinski definition) is 6. The summed E-state index contributed by atoms with van der Waals surface area (Å²) in [5, 5.41) is -0.527.